The molecule has 1 atom stereocenters. The van der Waals surface area contributed by atoms with E-state index in [1.807, 2.05) is 24.0 Å². The van der Waals surface area contributed by atoms with Crippen molar-refractivity contribution in [1.82, 2.24) is 4.90 Å². The molecule has 2 aromatic carbocycles. The topological polar surface area (TPSA) is 23.6 Å². The first-order chi connectivity index (χ1) is 12.9. The minimum absolute atomic E-state index is 0.0897. The predicted molar refractivity (Wildman–Crippen MR) is 116 cm³/mol. The smallest absolute Gasteiger partial charge is 0.229 e. The molecule has 3 nitrogen and oxygen atoms in total. The highest BCUT2D eigenvalue weighted by Crippen LogP contribution is 2.23. The second-order valence-electron chi connectivity index (χ2n) is 7.89. The lowest BCUT2D eigenvalue weighted by Crippen LogP contribution is -2.49. The number of anilines is 1. The van der Waals surface area contributed by atoms with Crippen molar-refractivity contribution in [3.05, 3.63) is 59.7 Å². The molecule has 0 radical (unpaired) electrons. The Bertz CT molecular complexity index is 747. The summed E-state index contributed by atoms with van der Waals surface area (Å²) in [6, 6.07) is 16.8. The van der Waals surface area contributed by atoms with E-state index >= 15 is 0 Å². The summed E-state index contributed by atoms with van der Waals surface area (Å²) in [5.41, 5.74) is 3.65. The van der Waals surface area contributed by atoms with Gasteiger partial charge in [0.25, 0.3) is 0 Å². The third-order valence-electron chi connectivity index (χ3n) is 5.30. The standard InChI is InChI=1S/C23H30N2OS/c1-17(2)16-19-4-6-20(7-5-19)18(3)23(26)25-14-12-24(13-15-25)21-8-10-22(27)11-9-21/h4-11,17-18,27H,12-16H2,1-3H3/t18-/m0/s1. The van der Waals surface area contributed by atoms with E-state index in [2.05, 4.69) is 67.8 Å². The van der Waals surface area contributed by atoms with E-state index < -0.39 is 0 Å². The van der Waals surface area contributed by atoms with Crippen LogP contribution < -0.4 is 4.90 Å². The summed E-state index contributed by atoms with van der Waals surface area (Å²) in [6.45, 7) is 9.78. The molecule has 1 aliphatic heterocycles. The maximum Gasteiger partial charge on any atom is 0.229 e. The predicted octanol–water partition coefficient (Wildman–Crippen LogP) is 4.63. The highest BCUT2D eigenvalue weighted by atomic mass is 32.1. The number of benzene rings is 2. The van der Waals surface area contributed by atoms with Crippen LogP contribution in [-0.4, -0.2) is 37.0 Å². The number of carbonyl (C=O) groups excluding carboxylic acids is 1. The SMILES string of the molecule is CC(C)Cc1ccc([C@H](C)C(=O)N2CCN(c3ccc(S)cc3)CC2)cc1. The summed E-state index contributed by atoms with van der Waals surface area (Å²) in [4.78, 5) is 18.3. The van der Waals surface area contributed by atoms with Gasteiger partial charge in [-0.15, -0.1) is 12.6 Å². The van der Waals surface area contributed by atoms with E-state index in [4.69, 9.17) is 0 Å². The number of carbonyl (C=O) groups is 1. The Morgan fingerprint density at radius 1 is 0.926 bits per heavy atom. The normalized spacial score (nSPS) is 15.9. The molecule has 1 fully saturated rings. The minimum atomic E-state index is -0.0897. The van der Waals surface area contributed by atoms with Gasteiger partial charge in [0.2, 0.25) is 5.91 Å². The molecule has 0 N–H and O–H groups in total. The minimum Gasteiger partial charge on any atom is -0.368 e. The zero-order valence-corrected chi connectivity index (χ0v) is 17.5. The number of piperazine rings is 1. The summed E-state index contributed by atoms with van der Waals surface area (Å²) in [7, 11) is 0. The van der Waals surface area contributed by atoms with E-state index in [9.17, 15) is 4.79 Å². The van der Waals surface area contributed by atoms with E-state index in [-0.39, 0.29) is 11.8 Å². The molecule has 0 aliphatic carbocycles. The van der Waals surface area contributed by atoms with Crippen molar-refractivity contribution in [2.45, 2.75) is 38.0 Å². The lowest BCUT2D eigenvalue weighted by atomic mass is 9.95. The van der Waals surface area contributed by atoms with Crippen LogP contribution in [0.4, 0.5) is 5.69 Å². The van der Waals surface area contributed by atoms with Crippen LogP contribution in [0.3, 0.4) is 0 Å². The molecular formula is C23H30N2OS. The second-order valence-corrected chi connectivity index (χ2v) is 8.41. The average Bonchev–Trinajstić information content (AvgIpc) is 2.68. The number of rotatable bonds is 5. The molecule has 1 amide bonds. The number of amides is 1. The first kappa shape index (κ1) is 19.8. The summed E-state index contributed by atoms with van der Waals surface area (Å²) in [5, 5.41) is 0. The second kappa shape index (κ2) is 8.83. The molecule has 0 bridgehead atoms. The highest BCUT2D eigenvalue weighted by Gasteiger charge is 2.25. The van der Waals surface area contributed by atoms with Gasteiger partial charge in [0.1, 0.15) is 0 Å². The molecule has 0 unspecified atom stereocenters. The van der Waals surface area contributed by atoms with Gasteiger partial charge in [-0.2, -0.15) is 0 Å². The monoisotopic (exact) mass is 382 g/mol. The fraction of sp³-hybridized carbons (Fsp3) is 0.435. The molecule has 3 rings (SSSR count). The van der Waals surface area contributed by atoms with Crippen LogP contribution in [0, 0.1) is 5.92 Å². The summed E-state index contributed by atoms with van der Waals surface area (Å²) >= 11 is 4.34. The largest absolute Gasteiger partial charge is 0.368 e. The number of hydrogen-bond acceptors (Lipinski definition) is 3. The van der Waals surface area contributed by atoms with Crippen LogP contribution in [0.15, 0.2) is 53.4 Å². The molecule has 0 aromatic heterocycles. The Morgan fingerprint density at radius 3 is 2.07 bits per heavy atom. The van der Waals surface area contributed by atoms with Gasteiger partial charge in [0.05, 0.1) is 5.92 Å². The molecule has 1 heterocycles. The first-order valence-corrected chi connectivity index (χ1v) is 10.3. The number of hydrogen-bond donors (Lipinski definition) is 1. The van der Waals surface area contributed by atoms with E-state index in [1.165, 1.54) is 11.3 Å². The molecule has 0 spiro atoms. The Balaban J connectivity index is 1.57. The summed E-state index contributed by atoms with van der Waals surface area (Å²) in [6.07, 6.45) is 1.08. The van der Waals surface area contributed by atoms with Gasteiger partial charge < -0.3 is 9.80 Å². The average molecular weight is 383 g/mol. The zero-order chi connectivity index (χ0) is 19.4. The van der Waals surface area contributed by atoms with Gasteiger partial charge in [-0.25, -0.2) is 0 Å². The van der Waals surface area contributed by atoms with E-state index in [0.717, 1.165) is 43.1 Å². The van der Waals surface area contributed by atoms with Gasteiger partial charge in [-0.3, -0.25) is 4.79 Å². The summed E-state index contributed by atoms with van der Waals surface area (Å²) < 4.78 is 0. The quantitative estimate of drug-likeness (QED) is 0.763. The molecule has 144 valence electrons. The summed E-state index contributed by atoms with van der Waals surface area (Å²) in [5.74, 6) is 0.792. The molecule has 1 saturated heterocycles. The van der Waals surface area contributed by atoms with Gasteiger partial charge >= 0.3 is 0 Å². The Morgan fingerprint density at radius 2 is 1.52 bits per heavy atom. The highest BCUT2D eigenvalue weighted by molar-refractivity contribution is 7.80. The van der Waals surface area contributed by atoms with E-state index in [0.29, 0.717) is 5.92 Å². The fourth-order valence-corrected chi connectivity index (χ4v) is 3.83. The van der Waals surface area contributed by atoms with Crippen molar-refractivity contribution in [3.8, 4) is 0 Å². The molecule has 2 aromatic rings. The Labute approximate surface area is 168 Å². The molecular weight excluding hydrogens is 352 g/mol. The van der Waals surface area contributed by atoms with Crippen molar-refractivity contribution in [2.24, 2.45) is 5.92 Å². The van der Waals surface area contributed by atoms with Gasteiger partial charge in [0.15, 0.2) is 0 Å². The number of nitrogens with zero attached hydrogens (tertiary/aromatic N) is 2. The van der Waals surface area contributed by atoms with Gasteiger partial charge in [-0.05, 0) is 54.7 Å². The fourth-order valence-electron chi connectivity index (χ4n) is 3.68. The molecule has 0 saturated carbocycles. The van der Waals surface area contributed by atoms with Crippen LogP contribution in [0.1, 0.15) is 37.8 Å². The van der Waals surface area contributed by atoms with Crippen LogP contribution >= 0.6 is 12.6 Å². The van der Waals surface area contributed by atoms with Crippen LogP contribution in [-0.2, 0) is 11.2 Å². The van der Waals surface area contributed by atoms with Crippen molar-refractivity contribution >= 4 is 24.2 Å². The number of thiol groups is 1. The third-order valence-corrected chi connectivity index (χ3v) is 5.60. The van der Waals surface area contributed by atoms with Gasteiger partial charge in [0, 0.05) is 36.8 Å². The van der Waals surface area contributed by atoms with Crippen molar-refractivity contribution in [1.29, 1.82) is 0 Å². The maximum absolute atomic E-state index is 12.9. The maximum atomic E-state index is 12.9. The van der Waals surface area contributed by atoms with Crippen LogP contribution in [0.25, 0.3) is 0 Å². The Kier molecular flexibility index (Phi) is 6.48. The lowest BCUT2D eigenvalue weighted by Gasteiger charge is -2.37. The molecule has 1 aliphatic rings. The Hall–Kier alpha value is -1.94. The first-order valence-electron chi connectivity index (χ1n) is 9.85. The zero-order valence-electron chi connectivity index (χ0n) is 16.6. The van der Waals surface area contributed by atoms with Crippen LogP contribution in [0.5, 0.6) is 0 Å². The molecule has 4 heteroatoms. The molecule has 27 heavy (non-hydrogen) atoms. The van der Waals surface area contributed by atoms with Crippen molar-refractivity contribution in [3.63, 3.8) is 0 Å². The van der Waals surface area contributed by atoms with Gasteiger partial charge in [-0.1, -0.05) is 38.1 Å². The van der Waals surface area contributed by atoms with E-state index in [1.54, 1.807) is 0 Å². The van der Waals surface area contributed by atoms with Crippen molar-refractivity contribution in [2.75, 3.05) is 31.1 Å². The van der Waals surface area contributed by atoms with Crippen molar-refractivity contribution < 1.29 is 4.79 Å². The van der Waals surface area contributed by atoms with Crippen LogP contribution in [0.2, 0.25) is 0 Å². The lowest BCUT2D eigenvalue weighted by molar-refractivity contribution is -0.132. The third kappa shape index (κ3) is 5.07.